The van der Waals surface area contributed by atoms with Crippen LogP contribution in [0, 0.1) is 6.92 Å². The molecule has 0 radical (unpaired) electrons. The second kappa shape index (κ2) is 11.0. The Morgan fingerprint density at radius 1 is 1.00 bits per heavy atom. The summed E-state index contributed by atoms with van der Waals surface area (Å²) in [4.78, 5) is 24.4. The van der Waals surface area contributed by atoms with Crippen molar-refractivity contribution in [3.05, 3.63) is 83.2 Å². The topological polar surface area (TPSA) is 76.0 Å². The van der Waals surface area contributed by atoms with Crippen molar-refractivity contribution in [1.82, 2.24) is 4.57 Å². The van der Waals surface area contributed by atoms with Crippen molar-refractivity contribution >= 4 is 17.8 Å². The van der Waals surface area contributed by atoms with Crippen molar-refractivity contribution in [3.63, 3.8) is 0 Å². The van der Waals surface area contributed by atoms with Gasteiger partial charge in [-0.2, -0.15) is 0 Å². The van der Waals surface area contributed by atoms with Crippen molar-refractivity contribution in [3.8, 4) is 17.2 Å². The summed E-state index contributed by atoms with van der Waals surface area (Å²) in [5.41, 5.74) is 2.98. The van der Waals surface area contributed by atoms with Gasteiger partial charge in [-0.1, -0.05) is 24.3 Å². The maximum Gasteiger partial charge on any atom is 0.343 e. The van der Waals surface area contributed by atoms with Crippen LogP contribution in [0.2, 0.25) is 0 Å². The van der Waals surface area contributed by atoms with E-state index < -0.39 is 5.97 Å². The maximum atomic E-state index is 13.1. The zero-order valence-corrected chi connectivity index (χ0v) is 19.2. The fourth-order valence-electron chi connectivity index (χ4n) is 3.37. The lowest BCUT2D eigenvalue weighted by molar-refractivity contribution is -0.142. The smallest absolute Gasteiger partial charge is 0.343 e. The number of ketones is 1. The molecule has 2 aromatic carbocycles. The van der Waals surface area contributed by atoms with Crippen LogP contribution in [0.4, 0.5) is 0 Å². The molecular formula is C26H27NO6. The molecule has 0 saturated carbocycles. The number of nitrogens with zero attached hydrogens (tertiary/aromatic N) is 1. The van der Waals surface area contributed by atoms with Crippen LogP contribution in [-0.2, 0) is 16.1 Å². The highest BCUT2D eigenvalue weighted by Gasteiger charge is 2.15. The Hall–Kier alpha value is -4.00. The Balaban J connectivity index is 1.78. The summed E-state index contributed by atoms with van der Waals surface area (Å²) in [6.07, 6.45) is 5.77. The quantitative estimate of drug-likeness (QED) is 0.339. The van der Waals surface area contributed by atoms with Crippen LogP contribution >= 0.6 is 0 Å². The summed E-state index contributed by atoms with van der Waals surface area (Å²) in [6.45, 7) is 2.23. The van der Waals surface area contributed by atoms with Crippen molar-refractivity contribution in [2.45, 2.75) is 13.5 Å². The monoisotopic (exact) mass is 449 g/mol. The van der Waals surface area contributed by atoms with Crippen LogP contribution in [0.3, 0.4) is 0 Å². The number of rotatable bonds is 10. The average Bonchev–Trinajstić information content (AvgIpc) is 3.22. The molecule has 0 fully saturated rings. The van der Waals surface area contributed by atoms with E-state index in [1.54, 1.807) is 44.6 Å². The normalized spacial score (nSPS) is 10.8. The van der Waals surface area contributed by atoms with E-state index in [-0.39, 0.29) is 12.4 Å². The lowest BCUT2D eigenvalue weighted by atomic mass is 10.1. The number of para-hydroxylation sites is 1. The van der Waals surface area contributed by atoms with E-state index in [9.17, 15) is 9.59 Å². The fraction of sp³-hybridized carbons (Fsp3) is 0.231. The number of esters is 1. The molecule has 0 bridgehead atoms. The van der Waals surface area contributed by atoms with Gasteiger partial charge in [-0.25, -0.2) is 4.79 Å². The Morgan fingerprint density at radius 3 is 2.42 bits per heavy atom. The first-order chi connectivity index (χ1) is 16.0. The van der Waals surface area contributed by atoms with Gasteiger partial charge in [0.1, 0.15) is 5.75 Å². The third-order valence-electron chi connectivity index (χ3n) is 5.00. The summed E-state index contributed by atoms with van der Waals surface area (Å²) in [5, 5.41) is 0. The van der Waals surface area contributed by atoms with Gasteiger partial charge in [-0.15, -0.1) is 0 Å². The van der Waals surface area contributed by atoms with Crippen molar-refractivity contribution < 1.29 is 28.5 Å². The van der Waals surface area contributed by atoms with Crippen LogP contribution in [0.15, 0.2) is 60.8 Å². The lowest BCUT2D eigenvalue weighted by Gasteiger charge is -2.12. The third kappa shape index (κ3) is 5.83. The highest BCUT2D eigenvalue weighted by Crippen LogP contribution is 2.32. The summed E-state index contributed by atoms with van der Waals surface area (Å²) in [7, 11) is 4.44. The number of methoxy groups -OCH3 is 3. The Kier molecular flexibility index (Phi) is 7.91. The minimum atomic E-state index is -0.477. The van der Waals surface area contributed by atoms with Gasteiger partial charge in [0, 0.05) is 23.9 Å². The molecule has 0 unspecified atom stereocenters. The molecule has 0 amide bonds. The largest absolute Gasteiger partial charge is 0.497 e. The number of carbonyl (C=O) groups excluding carboxylic acids is 2. The van der Waals surface area contributed by atoms with Gasteiger partial charge in [0.25, 0.3) is 0 Å². The Morgan fingerprint density at radius 2 is 1.76 bits per heavy atom. The molecule has 1 aromatic heterocycles. The molecule has 0 spiro atoms. The minimum absolute atomic E-state index is 0.0602. The second-order valence-electron chi connectivity index (χ2n) is 7.26. The zero-order valence-electron chi connectivity index (χ0n) is 19.2. The van der Waals surface area contributed by atoms with Crippen LogP contribution in [0.25, 0.3) is 6.08 Å². The molecule has 33 heavy (non-hydrogen) atoms. The van der Waals surface area contributed by atoms with Gasteiger partial charge in [-0.05, 0) is 48.9 Å². The number of benzene rings is 2. The molecule has 7 heteroatoms. The van der Waals surface area contributed by atoms with Crippen LogP contribution in [0.5, 0.6) is 17.2 Å². The number of hydrogen-bond donors (Lipinski definition) is 0. The summed E-state index contributed by atoms with van der Waals surface area (Å²) in [5.74, 6) is 1.12. The van der Waals surface area contributed by atoms with E-state index in [1.807, 2.05) is 48.0 Å². The van der Waals surface area contributed by atoms with Crippen LogP contribution in [-0.4, -0.2) is 44.3 Å². The summed E-state index contributed by atoms with van der Waals surface area (Å²) >= 11 is 0. The molecular weight excluding hydrogens is 422 g/mol. The molecule has 0 saturated heterocycles. The van der Waals surface area contributed by atoms with Gasteiger partial charge in [-0.3, -0.25) is 4.79 Å². The standard InChI is InChI=1S/C26H27NO6/c1-18-15-22(25(29)19-10-12-21(30-2)13-11-19)27(16-18)14-6-8-20-7-5-9-23(26(20)32-4)33-17-24(28)31-3/h5-13,15-16H,14,17H2,1-4H3/b8-6+. The van der Waals surface area contributed by atoms with Gasteiger partial charge in [0.2, 0.25) is 5.78 Å². The third-order valence-corrected chi connectivity index (χ3v) is 5.00. The molecule has 0 atom stereocenters. The van der Waals surface area contributed by atoms with E-state index in [4.69, 9.17) is 14.2 Å². The average molecular weight is 450 g/mol. The Bertz CT molecular complexity index is 1140. The first kappa shape index (κ1) is 23.7. The van der Waals surface area contributed by atoms with E-state index in [1.165, 1.54) is 7.11 Å². The first-order valence-corrected chi connectivity index (χ1v) is 10.4. The van der Waals surface area contributed by atoms with E-state index in [2.05, 4.69) is 4.74 Å². The maximum absolute atomic E-state index is 13.1. The van der Waals surface area contributed by atoms with Gasteiger partial charge >= 0.3 is 5.97 Å². The minimum Gasteiger partial charge on any atom is -0.497 e. The zero-order chi connectivity index (χ0) is 23.8. The van der Waals surface area contributed by atoms with Crippen molar-refractivity contribution in [2.75, 3.05) is 27.9 Å². The molecule has 1 heterocycles. The number of hydrogen-bond acceptors (Lipinski definition) is 6. The van der Waals surface area contributed by atoms with Crippen LogP contribution in [0.1, 0.15) is 27.2 Å². The SMILES string of the molecule is COC(=O)COc1cccc(/C=C/Cn2cc(C)cc2C(=O)c2ccc(OC)cc2)c1OC. The molecule has 0 N–H and O–H groups in total. The van der Waals surface area contributed by atoms with E-state index in [0.717, 1.165) is 11.1 Å². The van der Waals surface area contributed by atoms with Gasteiger partial charge in [0.05, 0.1) is 27.0 Å². The Labute approximate surface area is 193 Å². The molecule has 0 aliphatic heterocycles. The fourth-order valence-corrected chi connectivity index (χ4v) is 3.37. The number of aromatic nitrogens is 1. The second-order valence-corrected chi connectivity index (χ2v) is 7.26. The van der Waals surface area contributed by atoms with Crippen LogP contribution < -0.4 is 14.2 Å². The van der Waals surface area contributed by atoms with E-state index >= 15 is 0 Å². The predicted octanol–water partition coefficient (Wildman–Crippen LogP) is 4.31. The molecule has 3 aromatic rings. The van der Waals surface area contributed by atoms with Gasteiger partial charge in [0.15, 0.2) is 18.1 Å². The summed E-state index contributed by atoms with van der Waals surface area (Å²) in [6, 6.07) is 14.4. The highest BCUT2D eigenvalue weighted by molar-refractivity contribution is 6.08. The summed E-state index contributed by atoms with van der Waals surface area (Å²) < 4.78 is 22.7. The number of carbonyl (C=O) groups is 2. The predicted molar refractivity (Wildman–Crippen MR) is 125 cm³/mol. The highest BCUT2D eigenvalue weighted by atomic mass is 16.6. The first-order valence-electron chi connectivity index (χ1n) is 10.4. The van der Waals surface area contributed by atoms with E-state index in [0.29, 0.717) is 35.1 Å². The molecule has 3 rings (SSSR count). The number of aryl methyl sites for hydroxylation is 1. The molecule has 7 nitrogen and oxygen atoms in total. The number of allylic oxidation sites excluding steroid dienone is 1. The lowest BCUT2D eigenvalue weighted by Crippen LogP contribution is -2.13. The molecule has 172 valence electrons. The van der Waals surface area contributed by atoms with Crippen molar-refractivity contribution in [1.29, 1.82) is 0 Å². The molecule has 0 aliphatic carbocycles. The number of ether oxygens (including phenoxy) is 4. The molecule has 0 aliphatic rings. The van der Waals surface area contributed by atoms with Crippen molar-refractivity contribution in [2.24, 2.45) is 0 Å². The van der Waals surface area contributed by atoms with Gasteiger partial charge < -0.3 is 23.5 Å².